The van der Waals surface area contributed by atoms with E-state index < -0.39 is 5.97 Å². The van der Waals surface area contributed by atoms with Gasteiger partial charge in [0.05, 0.1) is 5.56 Å². The van der Waals surface area contributed by atoms with Gasteiger partial charge < -0.3 is 10.4 Å². The number of nitrogens with zero attached hydrogens (tertiary/aromatic N) is 1. The first-order chi connectivity index (χ1) is 8.06. The number of aryl methyl sites for hydroxylation is 1. The van der Waals surface area contributed by atoms with E-state index in [9.17, 15) is 4.79 Å². The minimum Gasteiger partial charge on any atom is -0.478 e. The lowest BCUT2D eigenvalue weighted by atomic mass is 10.1. The van der Waals surface area contributed by atoms with Gasteiger partial charge in [-0.3, -0.25) is 0 Å². The van der Waals surface area contributed by atoms with Crippen LogP contribution >= 0.6 is 0 Å². The van der Waals surface area contributed by atoms with Crippen LogP contribution in [0.1, 0.15) is 49.7 Å². The van der Waals surface area contributed by atoms with Crippen molar-refractivity contribution in [2.75, 3.05) is 5.32 Å². The summed E-state index contributed by atoms with van der Waals surface area (Å²) < 4.78 is 0. The van der Waals surface area contributed by atoms with Crippen molar-refractivity contribution in [1.82, 2.24) is 4.98 Å². The van der Waals surface area contributed by atoms with E-state index in [0.29, 0.717) is 17.4 Å². The quantitative estimate of drug-likeness (QED) is 0.797. The van der Waals surface area contributed by atoms with E-state index in [1.807, 2.05) is 0 Å². The number of hydrogen-bond donors (Lipinski definition) is 2. The predicted molar refractivity (Wildman–Crippen MR) is 68.6 cm³/mol. The van der Waals surface area contributed by atoms with E-state index in [4.69, 9.17) is 5.11 Å². The van der Waals surface area contributed by atoms with Crippen LogP contribution in [0.4, 0.5) is 5.82 Å². The topological polar surface area (TPSA) is 62.2 Å². The first-order valence-corrected chi connectivity index (χ1v) is 6.07. The van der Waals surface area contributed by atoms with Crippen molar-refractivity contribution < 1.29 is 9.90 Å². The maximum Gasteiger partial charge on any atom is 0.335 e. The second-order valence-electron chi connectivity index (χ2n) is 4.24. The normalized spacial score (nSPS) is 12.2. The molecule has 1 rings (SSSR count). The molecule has 0 aliphatic rings. The number of nitrogens with one attached hydrogen (secondary N) is 1. The highest BCUT2D eigenvalue weighted by molar-refractivity contribution is 5.88. The van der Waals surface area contributed by atoms with E-state index in [2.05, 4.69) is 31.1 Å². The number of carbonyl (C=O) groups is 1. The van der Waals surface area contributed by atoms with E-state index in [1.165, 1.54) is 0 Å². The van der Waals surface area contributed by atoms with Gasteiger partial charge in [0.25, 0.3) is 0 Å². The molecule has 0 saturated carbocycles. The monoisotopic (exact) mass is 236 g/mol. The Balaban J connectivity index is 2.99. The van der Waals surface area contributed by atoms with Crippen molar-refractivity contribution in [3.8, 4) is 0 Å². The molecule has 17 heavy (non-hydrogen) atoms. The van der Waals surface area contributed by atoms with Crippen LogP contribution in [0.2, 0.25) is 0 Å². The van der Waals surface area contributed by atoms with Gasteiger partial charge in [0.2, 0.25) is 0 Å². The Morgan fingerprint density at radius 2 is 2.18 bits per heavy atom. The minimum atomic E-state index is -0.906. The van der Waals surface area contributed by atoms with Gasteiger partial charge >= 0.3 is 5.97 Å². The van der Waals surface area contributed by atoms with Gasteiger partial charge in [-0.2, -0.15) is 0 Å². The molecule has 0 amide bonds. The molecule has 0 saturated heterocycles. The molecule has 0 spiro atoms. The summed E-state index contributed by atoms with van der Waals surface area (Å²) in [4.78, 5) is 15.4. The predicted octanol–water partition coefficient (Wildman–Crippen LogP) is 2.94. The molecule has 1 heterocycles. The van der Waals surface area contributed by atoms with Crippen molar-refractivity contribution >= 4 is 11.8 Å². The molecule has 0 bridgehead atoms. The van der Waals surface area contributed by atoms with Crippen molar-refractivity contribution in [3.05, 3.63) is 23.4 Å². The second kappa shape index (κ2) is 6.23. The number of rotatable bonds is 6. The fraction of sp³-hybridized carbons (Fsp3) is 0.538. The molecule has 0 radical (unpaired) electrons. The number of hydrogen-bond acceptors (Lipinski definition) is 3. The van der Waals surface area contributed by atoms with Gasteiger partial charge in [-0.1, -0.05) is 20.3 Å². The molecule has 1 aromatic heterocycles. The van der Waals surface area contributed by atoms with Crippen LogP contribution in [0, 0.1) is 0 Å². The highest BCUT2D eigenvalue weighted by atomic mass is 16.4. The van der Waals surface area contributed by atoms with Crippen molar-refractivity contribution in [3.63, 3.8) is 0 Å². The van der Waals surface area contributed by atoms with E-state index in [1.54, 1.807) is 12.1 Å². The van der Waals surface area contributed by atoms with Crippen LogP contribution in [0.3, 0.4) is 0 Å². The molecule has 0 aliphatic heterocycles. The van der Waals surface area contributed by atoms with Gasteiger partial charge in [-0.15, -0.1) is 0 Å². The maximum absolute atomic E-state index is 11.0. The number of aromatic nitrogens is 1. The zero-order valence-corrected chi connectivity index (χ0v) is 10.7. The molecule has 4 heteroatoms. The van der Waals surface area contributed by atoms with Crippen LogP contribution in [0.15, 0.2) is 12.1 Å². The number of aromatic carboxylic acids is 1. The third-order valence-corrected chi connectivity index (χ3v) is 2.64. The zero-order chi connectivity index (χ0) is 12.8. The minimum absolute atomic E-state index is 0.293. The molecule has 0 aromatic carbocycles. The average Bonchev–Trinajstić information content (AvgIpc) is 2.29. The Hall–Kier alpha value is -1.58. The van der Waals surface area contributed by atoms with Gasteiger partial charge in [-0.25, -0.2) is 9.78 Å². The number of anilines is 1. The average molecular weight is 236 g/mol. The summed E-state index contributed by atoms with van der Waals surface area (Å²) in [5, 5.41) is 12.2. The lowest BCUT2D eigenvalue weighted by Gasteiger charge is -2.13. The lowest BCUT2D eigenvalue weighted by molar-refractivity contribution is 0.0696. The molecule has 1 atom stereocenters. The molecule has 0 aliphatic carbocycles. The van der Waals surface area contributed by atoms with Crippen molar-refractivity contribution in [1.29, 1.82) is 0 Å². The first kappa shape index (κ1) is 13.5. The van der Waals surface area contributed by atoms with Gasteiger partial charge in [0, 0.05) is 11.7 Å². The van der Waals surface area contributed by atoms with Crippen LogP contribution in [0.5, 0.6) is 0 Å². The summed E-state index contributed by atoms with van der Waals surface area (Å²) in [5.41, 5.74) is 1.13. The molecule has 2 N–H and O–H groups in total. The standard InChI is InChI=1S/C13H20N2O2/c1-4-6-11-7-10(13(16)17)8-12(15-11)14-9(3)5-2/h7-9H,4-6H2,1-3H3,(H,14,15)(H,16,17). The second-order valence-corrected chi connectivity index (χ2v) is 4.24. The van der Waals surface area contributed by atoms with Crippen molar-refractivity contribution in [2.45, 2.75) is 46.1 Å². The summed E-state index contributed by atoms with van der Waals surface area (Å²) in [5.74, 6) is -0.250. The molecule has 1 aromatic rings. The molecule has 0 fully saturated rings. The highest BCUT2D eigenvalue weighted by Crippen LogP contribution is 2.13. The fourth-order valence-electron chi connectivity index (χ4n) is 1.52. The molecule has 4 nitrogen and oxygen atoms in total. The van der Waals surface area contributed by atoms with Gasteiger partial charge in [-0.05, 0) is 31.9 Å². The van der Waals surface area contributed by atoms with E-state index >= 15 is 0 Å². The molecule has 1 unspecified atom stereocenters. The Morgan fingerprint density at radius 3 is 2.71 bits per heavy atom. The summed E-state index contributed by atoms with van der Waals surface area (Å²) in [6.45, 7) is 6.18. The fourth-order valence-corrected chi connectivity index (χ4v) is 1.52. The zero-order valence-electron chi connectivity index (χ0n) is 10.7. The van der Waals surface area contributed by atoms with Crippen LogP contribution in [-0.4, -0.2) is 22.1 Å². The third kappa shape index (κ3) is 4.06. The van der Waals surface area contributed by atoms with E-state index in [-0.39, 0.29) is 0 Å². The largest absolute Gasteiger partial charge is 0.478 e. The summed E-state index contributed by atoms with van der Waals surface area (Å²) in [7, 11) is 0. The van der Waals surface area contributed by atoms with Gasteiger partial charge in [0.15, 0.2) is 0 Å². The van der Waals surface area contributed by atoms with Crippen LogP contribution in [-0.2, 0) is 6.42 Å². The van der Waals surface area contributed by atoms with E-state index in [0.717, 1.165) is 25.0 Å². The van der Waals surface area contributed by atoms with Gasteiger partial charge in [0.1, 0.15) is 5.82 Å². The number of carboxylic acid groups (broad SMARTS) is 1. The van der Waals surface area contributed by atoms with Crippen LogP contribution < -0.4 is 5.32 Å². The molecular formula is C13H20N2O2. The Kier molecular flexibility index (Phi) is 4.94. The summed E-state index contributed by atoms with van der Waals surface area (Å²) >= 11 is 0. The highest BCUT2D eigenvalue weighted by Gasteiger charge is 2.09. The number of carboxylic acids is 1. The molecular weight excluding hydrogens is 216 g/mol. The first-order valence-electron chi connectivity index (χ1n) is 6.07. The maximum atomic E-state index is 11.0. The van der Waals surface area contributed by atoms with Crippen molar-refractivity contribution in [2.24, 2.45) is 0 Å². The smallest absolute Gasteiger partial charge is 0.335 e. The SMILES string of the molecule is CCCc1cc(C(=O)O)cc(NC(C)CC)n1. The number of pyridine rings is 1. The molecule has 94 valence electrons. The summed E-state index contributed by atoms with van der Waals surface area (Å²) in [6, 6.07) is 3.53. The summed E-state index contributed by atoms with van der Waals surface area (Å²) in [6.07, 6.45) is 2.73. The Labute approximate surface area is 102 Å². The van der Waals surface area contributed by atoms with Crippen LogP contribution in [0.25, 0.3) is 0 Å². The Morgan fingerprint density at radius 1 is 1.47 bits per heavy atom. The third-order valence-electron chi connectivity index (χ3n) is 2.64. The lowest BCUT2D eigenvalue weighted by Crippen LogP contribution is -2.15. The Bertz CT molecular complexity index is 391.